The third kappa shape index (κ3) is 5.80. The Balaban J connectivity index is 1.60. The minimum Gasteiger partial charge on any atom is -0.480 e. The van der Waals surface area contributed by atoms with E-state index in [1.165, 1.54) is 0 Å². The van der Waals surface area contributed by atoms with Crippen LogP contribution in [0, 0.1) is 0 Å². The van der Waals surface area contributed by atoms with E-state index < -0.39 is 27.9 Å². The second-order valence-corrected chi connectivity index (χ2v) is 9.26. The zero-order chi connectivity index (χ0) is 20.9. The predicted octanol–water partition coefficient (Wildman–Crippen LogP) is 1.69. The standard InChI is InChI=1S/C21H24N2O5S/c1-15(20(24)23-17-11-12-29(26,27)14-17)28-19-10-6-5-9-18(19)21(25)22-13-16-7-3-2-4-8-16/h2-10,15,17H,11-14H2,1H3,(H,22,25)(H,23,24)/t15-,17-/m1/s1. The zero-order valence-electron chi connectivity index (χ0n) is 16.1. The maximum Gasteiger partial charge on any atom is 0.261 e. The van der Waals surface area contributed by atoms with E-state index in [4.69, 9.17) is 4.74 Å². The fourth-order valence-electron chi connectivity index (χ4n) is 3.10. The molecule has 0 radical (unpaired) electrons. The number of sulfone groups is 1. The predicted molar refractivity (Wildman–Crippen MR) is 109 cm³/mol. The molecule has 0 spiro atoms. The summed E-state index contributed by atoms with van der Waals surface area (Å²) in [5, 5.41) is 5.55. The van der Waals surface area contributed by atoms with Gasteiger partial charge in [-0.05, 0) is 31.0 Å². The zero-order valence-corrected chi connectivity index (χ0v) is 16.9. The number of carbonyl (C=O) groups is 2. The van der Waals surface area contributed by atoms with Crippen LogP contribution in [0.1, 0.15) is 29.3 Å². The van der Waals surface area contributed by atoms with Crippen molar-refractivity contribution in [1.82, 2.24) is 10.6 Å². The minimum atomic E-state index is -3.08. The van der Waals surface area contributed by atoms with E-state index in [1.54, 1.807) is 31.2 Å². The summed E-state index contributed by atoms with van der Waals surface area (Å²) in [5.74, 6) is -0.396. The molecule has 154 valence electrons. The van der Waals surface area contributed by atoms with Crippen molar-refractivity contribution in [3.05, 3.63) is 65.7 Å². The Labute approximate surface area is 170 Å². The van der Waals surface area contributed by atoms with Gasteiger partial charge in [-0.2, -0.15) is 0 Å². The Morgan fingerprint density at radius 1 is 1.10 bits per heavy atom. The van der Waals surface area contributed by atoms with Crippen LogP contribution in [0.4, 0.5) is 0 Å². The van der Waals surface area contributed by atoms with Gasteiger partial charge in [0.2, 0.25) is 0 Å². The molecule has 1 aliphatic rings. The monoisotopic (exact) mass is 416 g/mol. The molecule has 1 heterocycles. The molecule has 8 heteroatoms. The highest BCUT2D eigenvalue weighted by atomic mass is 32.2. The van der Waals surface area contributed by atoms with Crippen LogP contribution >= 0.6 is 0 Å². The number of benzene rings is 2. The van der Waals surface area contributed by atoms with E-state index in [9.17, 15) is 18.0 Å². The fraction of sp³-hybridized carbons (Fsp3) is 0.333. The van der Waals surface area contributed by atoms with E-state index >= 15 is 0 Å². The van der Waals surface area contributed by atoms with Crippen molar-refractivity contribution >= 4 is 21.7 Å². The average molecular weight is 416 g/mol. The molecule has 3 rings (SSSR count). The lowest BCUT2D eigenvalue weighted by Crippen LogP contribution is -2.43. The summed E-state index contributed by atoms with van der Waals surface area (Å²) >= 11 is 0. The van der Waals surface area contributed by atoms with Gasteiger partial charge in [-0.3, -0.25) is 9.59 Å². The van der Waals surface area contributed by atoms with Gasteiger partial charge >= 0.3 is 0 Å². The van der Waals surface area contributed by atoms with Crippen molar-refractivity contribution in [2.75, 3.05) is 11.5 Å². The number of hydrogen-bond acceptors (Lipinski definition) is 5. The molecular formula is C21H24N2O5S. The molecule has 29 heavy (non-hydrogen) atoms. The van der Waals surface area contributed by atoms with Gasteiger partial charge < -0.3 is 15.4 Å². The second kappa shape index (κ2) is 9.09. The van der Waals surface area contributed by atoms with Crippen molar-refractivity contribution in [1.29, 1.82) is 0 Å². The Morgan fingerprint density at radius 2 is 1.79 bits per heavy atom. The molecule has 0 unspecified atom stereocenters. The number of nitrogens with one attached hydrogen (secondary N) is 2. The minimum absolute atomic E-state index is 0.0516. The van der Waals surface area contributed by atoms with Gasteiger partial charge in [-0.1, -0.05) is 42.5 Å². The summed E-state index contributed by atoms with van der Waals surface area (Å²) < 4.78 is 28.8. The van der Waals surface area contributed by atoms with E-state index in [0.29, 0.717) is 24.3 Å². The second-order valence-electron chi connectivity index (χ2n) is 7.03. The lowest BCUT2D eigenvalue weighted by molar-refractivity contribution is -0.127. The fourth-order valence-corrected chi connectivity index (χ4v) is 4.78. The molecule has 2 atom stereocenters. The van der Waals surface area contributed by atoms with Crippen LogP contribution in [-0.2, 0) is 21.2 Å². The summed E-state index contributed by atoms with van der Waals surface area (Å²) in [6, 6.07) is 15.8. The van der Waals surface area contributed by atoms with Crippen LogP contribution in [-0.4, -0.2) is 43.9 Å². The number of rotatable bonds is 7. The summed E-state index contributed by atoms with van der Waals surface area (Å²) in [6.45, 7) is 1.94. The molecular weight excluding hydrogens is 392 g/mol. The molecule has 1 fully saturated rings. The largest absolute Gasteiger partial charge is 0.480 e. The van der Waals surface area contributed by atoms with Crippen LogP contribution in [0.15, 0.2) is 54.6 Å². The third-order valence-electron chi connectivity index (χ3n) is 4.68. The van der Waals surface area contributed by atoms with E-state index in [2.05, 4.69) is 10.6 Å². The van der Waals surface area contributed by atoms with Crippen LogP contribution in [0.5, 0.6) is 5.75 Å². The molecule has 0 aliphatic carbocycles. The summed E-state index contributed by atoms with van der Waals surface area (Å²) in [5.41, 5.74) is 1.30. The Bertz CT molecular complexity index is 976. The number of ether oxygens (including phenoxy) is 1. The number of carbonyl (C=O) groups excluding carboxylic acids is 2. The number of para-hydroxylation sites is 1. The molecule has 7 nitrogen and oxygen atoms in total. The van der Waals surface area contributed by atoms with E-state index in [0.717, 1.165) is 5.56 Å². The quantitative estimate of drug-likeness (QED) is 0.715. The van der Waals surface area contributed by atoms with Crippen molar-refractivity contribution in [2.45, 2.75) is 32.0 Å². The number of amides is 2. The molecule has 2 aromatic carbocycles. The maximum absolute atomic E-state index is 12.6. The van der Waals surface area contributed by atoms with Gasteiger partial charge in [-0.15, -0.1) is 0 Å². The Morgan fingerprint density at radius 3 is 2.48 bits per heavy atom. The molecule has 2 aromatic rings. The van der Waals surface area contributed by atoms with Crippen molar-refractivity contribution in [3.8, 4) is 5.75 Å². The smallest absolute Gasteiger partial charge is 0.261 e. The van der Waals surface area contributed by atoms with Gasteiger partial charge in [0.15, 0.2) is 15.9 Å². The molecule has 2 amide bonds. The topological polar surface area (TPSA) is 102 Å². The molecule has 2 N–H and O–H groups in total. The maximum atomic E-state index is 12.6. The molecule has 0 bridgehead atoms. The first-order chi connectivity index (χ1) is 13.8. The van der Waals surface area contributed by atoms with Gasteiger partial charge in [0.05, 0.1) is 17.1 Å². The lowest BCUT2D eigenvalue weighted by atomic mass is 10.1. The van der Waals surface area contributed by atoms with Crippen LogP contribution in [0.25, 0.3) is 0 Å². The van der Waals surface area contributed by atoms with Crippen LogP contribution in [0.2, 0.25) is 0 Å². The van der Waals surface area contributed by atoms with Crippen molar-refractivity contribution < 1.29 is 22.7 Å². The van der Waals surface area contributed by atoms with Crippen molar-refractivity contribution in [2.24, 2.45) is 0 Å². The average Bonchev–Trinajstić information content (AvgIpc) is 3.05. The first kappa shape index (κ1) is 20.9. The molecule has 1 aliphatic heterocycles. The molecule has 1 saturated heterocycles. The van der Waals surface area contributed by atoms with Crippen LogP contribution < -0.4 is 15.4 Å². The van der Waals surface area contributed by atoms with Gasteiger partial charge in [-0.25, -0.2) is 8.42 Å². The van der Waals surface area contributed by atoms with Gasteiger partial charge in [0.25, 0.3) is 11.8 Å². The van der Waals surface area contributed by atoms with Gasteiger partial charge in [0.1, 0.15) is 5.75 Å². The van der Waals surface area contributed by atoms with Gasteiger partial charge in [0, 0.05) is 12.6 Å². The Hall–Kier alpha value is -2.87. The highest BCUT2D eigenvalue weighted by molar-refractivity contribution is 7.91. The molecule has 0 aromatic heterocycles. The SMILES string of the molecule is C[C@@H](Oc1ccccc1C(=O)NCc1ccccc1)C(=O)N[C@@H]1CCS(=O)(=O)C1. The number of hydrogen-bond donors (Lipinski definition) is 2. The Kier molecular flexibility index (Phi) is 6.53. The summed E-state index contributed by atoms with van der Waals surface area (Å²) in [4.78, 5) is 25.0. The highest BCUT2D eigenvalue weighted by Crippen LogP contribution is 2.20. The van der Waals surface area contributed by atoms with E-state index in [1.807, 2.05) is 30.3 Å². The third-order valence-corrected chi connectivity index (χ3v) is 6.45. The lowest BCUT2D eigenvalue weighted by Gasteiger charge is -2.19. The summed E-state index contributed by atoms with van der Waals surface area (Å²) in [6.07, 6.45) is -0.472. The highest BCUT2D eigenvalue weighted by Gasteiger charge is 2.30. The van der Waals surface area contributed by atoms with Crippen molar-refractivity contribution in [3.63, 3.8) is 0 Å². The first-order valence-corrected chi connectivity index (χ1v) is 11.2. The molecule has 0 saturated carbocycles. The normalized spacial score (nSPS) is 18.6. The van der Waals surface area contributed by atoms with Crippen LogP contribution in [0.3, 0.4) is 0 Å². The van der Waals surface area contributed by atoms with E-state index in [-0.39, 0.29) is 17.4 Å². The summed E-state index contributed by atoms with van der Waals surface area (Å²) in [7, 11) is -3.08. The first-order valence-electron chi connectivity index (χ1n) is 9.43.